The SMILES string of the molecule is CCc1ccc2c(c1)c(=O)oc1cc(Cl)ccc12. The Morgan fingerprint density at radius 2 is 1.83 bits per heavy atom. The molecule has 2 aromatic carbocycles. The van der Waals surface area contributed by atoms with Gasteiger partial charge in [0.2, 0.25) is 0 Å². The third-order valence-electron chi connectivity index (χ3n) is 3.15. The first-order chi connectivity index (χ1) is 8.69. The van der Waals surface area contributed by atoms with Crippen LogP contribution in [0.25, 0.3) is 21.7 Å². The van der Waals surface area contributed by atoms with Gasteiger partial charge in [0.05, 0.1) is 5.39 Å². The van der Waals surface area contributed by atoms with Crippen LogP contribution in [0.1, 0.15) is 12.5 Å². The minimum absolute atomic E-state index is 0.310. The lowest BCUT2D eigenvalue weighted by molar-refractivity contribution is 0.569. The van der Waals surface area contributed by atoms with Crippen molar-refractivity contribution in [2.45, 2.75) is 13.3 Å². The third-order valence-corrected chi connectivity index (χ3v) is 3.38. The molecule has 1 heterocycles. The predicted octanol–water partition coefficient (Wildman–Crippen LogP) is 4.16. The lowest BCUT2D eigenvalue weighted by Crippen LogP contribution is -2.00. The Hall–Kier alpha value is -1.80. The molecule has 0 radical (unpaired) electrons. The van der Waals surface area contributed by atoms with Gasteiger partial charge in [-0.25, -0.2) is 4.79 Å². The molecule has 0 aliphatic heterocycles. The molecular weight excluding hydrogens is 248 g/mol. The van der Waals surface area contributed by atoms with E-state index in [4.69, 9.17) is 16.0 Å². The minimum atomic E-state index is -0.310. The van der Waals surface area contributed by atoms with Crippen molar-refractivity contribution in [3.8, 4) is 0 Å². The quantitative estimate of drug-likeness (QED) is 0.485. The molecule has 0 unspecified atom stereocenters. The largest absolute Gasteiger partial charge is 0.422 e. The second-order valence-corrected chi connectivity index (χ2v) is 4.70. The molecule has 3 rings (SSSR count). The zero-order valence-electron chi connectivity index (χ0n) is 9.87. The van der Waals surface area contributed by atoms with E-state index in [1.165, 1.54) is 0 Å². The number of hydrogen-bond donors (Lipinski definition) is 0. The monoisotopic (exact) mass is 258 g/mol. The Kier molecular flexibility index (Phi) is 2.60. The number of aryl methyl sites for hydroxylation is 1. The molecule has 3 heteroatoms. The summed E-state index contributed by atoms with van der Waals surface area (Å²) in [6.07, 6.45) is 0.897. The zero-order valence-corrected chi connectivity index (χ0v) is 10.6. The molecule has 0 aliphatic carbocycles. The number of benzene rings is 2. The topological polar surface area (TPSA) is 30.2 Å². The van der Waals surface area contributed by atoms with Crippen LogP contribution in [0.15, 0.2) is 45.6 Å². The van der Waals surface area contributed by atoms with Crippen LogP contribution in [0.3, 0.4) is 0 Å². The minimum Gasteiger partial charge on any atom is -0.422 e. The van der Waals surface area contributed by atoms with Crippen molar-refractivity contribution in [1.29, 1.82) is 0 Å². The van der Waals surface area contributed by atoms with E-state index in [9.17, 15) is 4.79 Å². The average molecular weight is 259 g/mol. The molecule has 3 aromatic rings. The van der Waals surface area contributed by atoms with E-state index in [2.05, 4.69) is 6.92 Å². The molecule has 1 aromatic heterocycles. The van der Waals surface area contributed by atoms with Crippen LogP contribution in [-0.2, 0) is 6.42 Å². The molecule has 0 spiro atoms. The fraction of sp³-hybridized carbons (Fsp3) is 0.133. The Morgan fingerprint density at radius 1 is 1.06 bits per heavy atom. The predicted molar refractivity (Wildman–Crippen MR) is 74.4 cm³/mol. The van der Waals surface area contributed by atoms with Gasteiger partial charge in [0.25, 0.3) is 0 Å². The van der Waals surface area contributed by atoms with Gasteiger partial charge in [-0.3, -0.25) is 0 Å². The number of rotatable bonds is 1. The molecule has 0 saturated heterocycles. The van der Waals surface area contributed by atoms with Crippen molar-refractivity contribution in [1.82, 2.24) is 0 Å². The zero-order chi connectivity index (χ0) is 12.7. The Balaban J connectivity index is 2.51. The van der Waals surface area contributed by atoms with Crippen LogP contribution >= 0.6 is 11.6 Å². The molecule has 0 fully saturated rings. The van der Waals surface area contributed by atoms with Gasteiger partial charge < -0.3 is 4.42 Å². The van der Waals surface area contributed by atoms with Crippen molar-refractivity contribution >= 4 is 33.3 Å². The van der Waals surface area contributed by atoms with Crippen molar-refractivity contribution < 1.29 is 4.42 Å². The first kappa shape index (κ1) is 11.3. The van der Waals surface area contributed by atoms with E-state index in [0.717, 1.165) is 22.8 Å². The highest BCUT2D eigenvalue weighted by atomic mass is 35.5. The van der Waals surface area contributed by atoms with Gasteiger partial charge in [0.1, 0.15) is 5.58 Å². The van der Waals surface area contributed by atoms with Gasteiger partial charge in [-0.05, 0) is 35.6 Å². The summed E-state index contributed by atoms with van der Waals surface area (Å²) in [6, 6.07) is 11.3. The van der Waals surface area contributed by atoms with Gasteiger partial charge in [-0.2, -0.15) is 0 Å². The molecule has 2 nitrogen and oxygen atoms in total. The molecule has 90 valence electrons. The van der Waals surface area contributed by atoms with Crippen molar-refractivity contribution in [3.63, 3.8) is 0 Å². The standard InChI is InChI=1S/C15H11ClO2/c1-2-9-3-5-11-12-6-4-10(16)8-14(12)18-15(17)13(11)7-9/h3-8H,2H2,1H3. The van der Waals surface area contributed by atoms with E-state index >= 15 is 0 Å². The highest BCUT2D eigenvalue weighted by molar-refractivity contribution is 6.31. The normalized spacial score (nSPS) is 11.2. The molecule has 0 bridgehead atoms. The van der Waals surface area contributed by atoms with E-state index in [1.54, 1.807) is 12.1 Å². The van der Waals surface area contributed by atoms with Crippen LogP contribution < -0.4 is 5.63 Å². The van der Waals surface area contributed by atoms with Crippen molar-refractivity contribution in [2.75, 3.05) is 0 Å². The van der Waals surface area contributed by atoms with Crippen LogP contribution in [0.2, 0.25) is 5.02 Å². The summed E-state index contributed by atoms with van der Waals surface area (Å²) in [5.41, 5.74) is 1.35. The van der Waals surface area contributed by atoms with Crippen molar-refractivity contribution in [3.05, 3.63) is 57.4 Å². The summed E-state index contributed by atoms with van der Waals surface area (Å²) in [5.74, 6) is 0. The summed E-state index contributed by atoms with van der Waals surface area (Å²) >= 11 is 5.91. The van der Waals surface area contributed by atoms with Gasteiger partial charge in [-0.15, -0.1) is 0 Å². The highest BCUT2D eigenvalue weighted by Crippen LogP contribution is 2.26. The van der Waals surface area contributed by atoms with E-state index < -0.39 is 0 Å². The number of fused-ring (bicyclic) bond motifs is 3. The second-order valence-electron chi connectivity index (χ2n) is 4.26. The molecule has 0 atom stereocenters. The molecular formula is C15H11ClO2. The summed E-state index contributed by atoms with van der Waals surface area (Å²) in [5, 5.41) is 3.02. The summed E-state index contributed by atoms with van der Waals surface area (Å²) in [4.78, 5) is 12.0. The Morgan fingerprint density at radius 3 is 2.61 bits per heavy atom. The van der Waals surface area contributed by atoms with Crippen LogP contribution in [0.4, 0.5) is 0 Å². The first-order valence-corrected chi connectivity index (χ1v) is 6.22. The number of hydrogen-bond acceptors (Lipinski definition) is 2. The van der Waals surface area contributed by atoms with Crippen LogP contribution in [-0.4, -0.2) is 0 Å². The average Bonchev–Trinajstić information content (AvgIpc) is 2.38. The smallest absolute Gasteiger partial charge is 0.344 e. The Labute approximate surface area is 109 Å². The van der Waals surface area contributed by atoms with Crippen LogP contribution in [0.5, 0.6) is 0 Å². The molecule has 0 saturated carbocycles. The molecule has 0 amide bonds. The maximum atomic E-state index is 12.0. The van der Waals surface area contributed by atoms with Gasteiger partial charge in [0.15, 0.2) is 0 Å². The van der Waals surface area contributed by atoms with Crippen LogP contribution in [0, 0.1) is 0 Å². The number of halogens is 1. The molecule has 18 heavy (non-hydrogen) atoms. The fourth-order valence-electron chi connectivity index (χ4n) is 2.17. The van der Waals surface area contributed by atoms with Gasteiger partial charge >= 0.3 is 5.63 Å². The van der Waals surface area contributed by atoms with E-state index in [1.807, 2.05) is 24.3 Å². The maximum Gasteiger partial charge on any atom is 0.344 e. The lowest BCUT2D eigenvalue weighted by atomic mass is 10.0. The summed E-state index contributed by atoms with van der Waals surface area (Å²) < 4.78 is 5.32. The summed E-state index contributed by atoms with van der Waals surface area (Å²) in [6.45, 7) is 2.06. The second kappa shape index (κ2) is 4.14. The highest BCUT2D eigenvalue weighted by Gasteiger charge is 2.08. The van der Waals surface area contributed by atoms with Gasteiger partial charge in [0, 0.05) is 16.5 Å². The molecule has 0 aliphatic rings. The Bertz CT molecular complexity index is 803. The maximum absolute atomic E-state index is 12.0. The van der Waals surface area contributed by atoms with E-state index in [-0.39, 0.29) is 5.63 Å². The first-order valence-electron chi connectivity index (χ1n) is 5.84. The molecule has 0 N–H and O–H groups in total. The van der Waals surface area contributed by atoms with Gasteiger partial charge in [-0.1, -0.05) is 30.7 Å². The van der Waals surface area contributed by atoms with E-state index in [0.29, 0.717) is 16.0 Å². The third kappa shape index (κ3) is 1.70. The van der Waals surface area contributed by atoms with Crippen molar-refractivity contribution in [2.24, 2.45) is 0 Å². The lowest BCUT2D eigenvalue weighted by Gasteiger charge is -2.04. The summed E-state index contributed by atoms with van der Waals surface area (Å²) in [7, 11) is 0. The fourth-order valence-corrected chi connectivity index (χ4v) is 2.34.